The molecule has 1 fully saturated rings. The third-order valence-electron chi connectivity index (χ3n) is 2.99. The van der Waals surface area contributed by atoms with Crippen molar-refractivity contribution >= 4 is 30.5 Å². The standard InChI is InChI=1S/C12H14F4N2.2ClH/c13-8-1-2-11(10(7-8)12(14,15)16)18-9-3-5-17-6-4-9;;/h1-2,7,9,17-18H,3-6H2;2*1H. The maximum absolute atomic E-state index is 12.9. The second-order valence-corrected chi connectivity index (χ2v) is 4.36. The zero-order valence-corrected chi connectivity index (χ0v) is 12.1. The van der Waals surface area contributed by atoms with E-state index >= 15 is 0 Å². The summed E-state index contributed by atoms with van der Waals surface area (Å²) in [4.78, 5) is 0. The monoisotopic (exact) mass is 334 g/mol. The summed E-state index contributed by atoms with van der Waals surface area (Å²) >= 11 is 0. The van der Waals surface area contributed by atoms with E-state index in [9.17, 15) is 17.6 Å². The largest absolute Gasteiger partial charge is 0.418 e. The number of hydrogen-bond acceptors (Lipinski definition) is 2. The zero-order valence-electron chi connectivity index (χ0n) is 10.5. The molecule has 2 nitrogen and oxygen atoms in total. The van der Waals surface area contributed by atoms with E-state index in [2.05, 4.69) is 10.6 Å². The molecule has 2 N–H and O–H groups in total. The molecule has 1 heterocycles. The van der Waals surface area contributed by atoms with Gasteiger partial charge in [0.2, 0.25) is 0 Å². The third kappa shape index (κ3) is 5.00. The van der Waals surface area contributed by atoms with Gasteiger partial charge in [0.1, 0.15) is 5.82 Å². The van der Waals surface area contributed by atoms with E-state index in [1.807, 2.05) is 0 Å². The number of hydrogen-bond donors (Lipinski definition) is 2. The van der Waals surface area contributed by atoms with Gasteiger partial charge in [-0.15, -0.1) is 24.8 Å². The quantitative estimate of drug-likeness (QED) is 0.802. The van der Waals surface area contributed by atoms with Gasteiger partial charge in [0.15, 0.2) is 0 Å². The van der Waals surface area contributed by atoms with Crippen molar-refractivity contribution in [2.45, 2.75) is 25.1 Å². The van der Waals surface area contributed by atoms with Crippen LogP contribution in [0, 0.1) is 5.82 Å². The van der Waals surface area contributed by atoms with Crippen LogP contribution in [0.1, 0.15) is 18.4 Å². The van der Waals surface area contributed by atoms with Gasteiger partial charge in [-0.3, -0.25) is 0 Å². The Labute approximate surface area is 127 Å². The Morgan fingerprint density at radius 1 is 1.10 bits per heavy atom. The lowest BCUT2D eigenvalue weighted by atomic mass is 10.0. The molecular weight excluding hydrogens is 319 g/mol. The summed E-state index contributed by atoms with van der Waals surface area (Å²) in [6.45, 7) is 1.56. The number of piperidine rings is 1. The number of anilines is 1. The summed E-state index contributed by atoms with van der Waals surface area (Å²) in [5.41, 5.74) is -0.989. The summed E-state index contributed by atoms with van der Waals surface area (Å²) in [5, 5.41) is 5.99. The molecule has 0 radical (unpaired) electrons. The van der Waals surface area contributed by atoms with Crippen LogP contribution in [0.4, 0.5) is 23.2 Å². The second kappa shape index (κ2) is 7.90. The van der Waals surface area contributed by atoms with E-state index in [-0.39, 0.29) is 36.5 Å². The van der Waals surface area contributed by atoms with Gasteiger partial charge in [-0.05, 0) is 44.1 Å². The number of rotatable bonds is 2. The fourth-order valence-electron chi connectivity index (χ4n) is 2.06. The zero-order chi connectivity index (χ0) is 13.2. The van der Waals surface area contributed by atoms with Gasteiger partial charge in [0, 0.05) is 11.7 Å². The molecule has 116 valence electrons. The minimum absolute atomic E-state index is 0. The minimum atomic E-state index is -4.54. The Morgan fingerprint density at radius 3 is 2.25 bits per heavy atom. The van der Waals surface area contributed by atoms with E-state index in [0.29, 0.717) is 6.07 Å². The molecule has 0 atom stereocenters. The van der Waals surface area contributed by atoms with Crippen molar-refractivity contribution < 1.29 is 17.6 Å². The Bertz CT molecular complexity index is 420. The van der Waals surface area contributed by atoms with Crippen LogP contribution in [0.5, 0.6) is 0 Å². The molecular formula is C12H16Cl2F4N2. The van der Waals surface area contributed by atoms with Crippen molar-refractivity contribution in [3.8, 4) is 0 Å². The maximum atomic E-state index is 12.9. The van der Waals surface area contributed by atoms with Crippen LogP contribution in [0.2, 0.25) is 0 Å². The first-order chi connectivity index (χ1) is 8.47. The molecule has 2 rings (SSSR count). The summed E-state index contributed by atoms with van der Waals surface area (Å²) in [6, 6.07) is 2.72. The smallest absolute Gasteiger partial charge is 0.382 e. The summed E-state index contributed by atoms with van der Waals surface area (Å²) < 4.78 is 51.2. The molecule has 1 aliphatic rings. The highest BCUT2D eigenvalue weighted by Gasteiger charge is 2.34. The number of halogens is 6. The molecule has 1 aromatic rings. The van der Waals surface area contributed by atoms with Crippen LogP contribution in [0.25, 0.3) is 0 Å². The van der Waals surface area contributed by atoms with Crippen LogP contribution in [-0.2, 0) is 6.18 Å². The molecule has 0 spiro atoms. The van der Waals surface area contributed by atoms with Crippen molar-refractivity contribution in [2.24, 2.45) is 0 Å². The molecule has 0 saturated carbocycles. The van der Waals surface area contributed by atoms with Gasteiger partial charge in [0.25, 0.3) is 0 Å². The van der Waals surface area contributed by atoms with E-state index in [4.69, 9.17) is 0 Å². The molecule has 1 saturated heterocycles. The highest BCUT2D eigenvalue weighted by molar-refractivity contribution is 5.85. The normalized spacial score (nSPS) is 16.0. The molecule has 0 amide bonds. The van der Waals surface area contributed by atoms with Crippen LogP contribution in [-0.4, -0.2) is 19.1 Å². The lowest BCUT2D eigenvalue weighted by molar-refractivity contribution is -0.137. The predicted molar refractivity (Wildman–Crippen MR) is 75.4 cm³/mol. The number of nitrogens with one attached hydrogen (secondary N) is 2. The van der Waals surface area contributed by atoms with Crippen molar-refractivity contribution in [3.63, 3.8) is 0 Å². The molecule has 20 heavy (non-hydrogen) atoms. The fraction of sp³-hybridized carbons (Fsp3) is 0.500. The molecule has 1 aromatic carbocycles. The highest BCUT2D eigenvalue weighted by Crippen LogP contribution is 2.35. The van der Waals surface area contributed by atoms with Gasteiger partial charge in [-0.1, -0.05) is 0 Å². The lowest BCUT2D eigenvalue weighted by Gasteiger charge is -2.26. The minimum Gasteiger partial charge on any atom is -0.382 e. The third-order valence-corrected chi connectivity index (χ3v) is 2.99. The molecule has 0 unspecified atom stereocenters. The van der Waals surface area contributed by atoms with Crippen molar-refractivity contribution in [1.29, 1.82) is 0 Å². The topological polar surface area (TPSA) is 24.1 Å². The first kappa shape index (κ1) is 19.3. The first-order valence-corrected chi connectivity index (χ1v) is 5.81. The molecule has 1 aliphatic heterocycles. The van der Waals surface area contributed by atoms with Gasteiger partial charge in [-0.2, -0.15) is 13.2 Å². The molecule has 8 heteroatoms. The van der Waals surface area contributed by atoms with E-state index in [1.165, 1.54) is 0 Å². The Balaban J connectivity index is 0.00000180. The molecule has 0 aliphatic carbocycles. The SMILES string of the molecule is Cl.Cl.Fc1ccc(NC2CCNCC2)c(C(F)(F)F)c1. The highest BCUT2D eigenvalue weighted by atomic mass is 35.5. The van der Waals surface area contributed by atoms with E-state index in [0.717, 1.165) is 38.1 Å². The van der Waals surface area contributed by atoms with Crippen molar-refractivity contribution in [1.82, 2.24) is 5.32 Å². The maximum Gasteiger partial charge on any atom is 0.418 e. The van der Waals surface area contributed by atoms with Crippen LogP contribution in [0.3, 0.4) is 0 Å². The first-order valence-electron chi connectivity index (χ1n) is 5.81. The lowest BCUT2D eigenvalue weighted by Crippen LogP contribution is -2.35. The van der Waals surface area contributed by atoms with Crippen molar-refractivity contribution in [2.75, 3.05) is 18.4 Å². The molecule has 0 aromatic heterocycles. The summed E-state index contributed by atoms with van der Waals surface area (Å²) in [5.74, 6) is -0.877. The Morgan fingerprint density at radius 2 is 1.70 bits per heavy atom. The van der Waals surface area contributed by atoms with Gasteiger partial charge in [0.05, 0.1) is 5.56 Å². The Kier molecular flexibility index (Phi) is 7.62. The van der Waals surface area contributed by atoms with E-state index in [1.54, 1.807) is 0 Å². The second-order valence-electron chi connectivity index (χ2n) is 4.36. The average Bonchev–Trinajstić information content (AvgIpc) is 2.31. The van der Waals surface area contributed by atoms with Gasteiger partial charge < -0.3 is 10.6 Å². The van der Waals surface area contributed by atoms with Crippen LogP contribution in [0.15, 0.2) is 18.2 Å². The average molecular weight is 335 g/mol. The Hall–Kier alpha value is -0.720. The van der Waals surface area contributed by atoms with E-state index < -0.39 is 17.6 Å². The van der Waals surface area contributed by atoms with Crippen LogP contribution >= 0.6 is 24.8 Å². The fourth-order valence-corrected chi connectivity index (χ4v) is 2.06. The number of benzene rings is 1. The summed E-state index contributed by atoms with van der Waals surface area (Å²) in [7, 11) is 0. The number of alkyl halides is 3. The predicted octanol–water partition coefficient (Wildman–Crippen LogP) is 3.85. The van der Waals surface area contributed by atoms with Gasteiger partial charge in [-0.25, -0.2) is 4.39 Å². The summed E-state index contributed by atoms with van der Waals surface area (Å²) in [6.07, 6.45) is -3.03. The molecule has 0 bridgehead atoms. The van der Waals surface area contributed by atoms with Crippen LogP contribution < -0.4 is 10.6 Å². The van der Waals surface area contributed by atoms with Gasteiger partial charge >= 0.3 is 6.18 Å². The van der Waals surface area contributed by atoms with Crippen molar-refractivity contribution in [3.05, 3.63) is 29.6 Å².